The Labute approximate surface area is 213 Å². The molecule has 0 radical (unpaired) electrons. The van der Waals surface area contributed by atoms with Gasteiger partial charge in [-0.2, -0.15) is 0 Å². The van der Waals surface area contributed by atoms with Gasteiger partial charge in [0.15, 0.2) is 11.7 Å². The number of hydrogen-bond donors (Lipinski definition) is 1. The second kappa shape index (κ2) is 6.18. The fraction of sp³-hybridized carbons (Fsp3) is 0.630. The highest BCUT2D eigenvalue weighted by Crippen LogP contribution is 2.84. The molecule has 1 N–H and O–H groups in total. The van der Waals surface area contributed by atoms with E-state index in [-0.39, 0.29) is 17.6 Å². The summed E-state index contributed by atoms with van der Waals surface area (Å²) in [5.41, 5.74) is -11.1. The van der Waals surface area contributed by atoms with E-state index in [4.69, 9.17) is 23.7 Å². The van der Waals surface area contributed by atoms with Crippen LogP contribution in [0.15, 0.2) is 36.5 Å². The summed E-state index contributed by atoms with van der Waals surface area (Å²) in [5, 5.41) is 12.1. The summed E-state index contributed by atoms with van der Waals surface area (Å²) < 4.78 is 30.1. The maximum absolute atomic E-state index is 14.0. The van der Waals surface area contributed by atoms with Crippen molar-refractivity contribution < 1.29 is 48.0 Å². The molecule has 2 aliphatic carbocycles. The van der Waals surface area contributed by atoms with Crippen molar-refractivity contribution in [1.29, 1.82) is 0 Å². The predicted octanol–water partition coefficient (Wildman–Crippen LogP) is 1.45. The van der Waals surface area contributed by atoms with E-state index < -0.39 is 80.8 Å². The Balaban J connectivity index is 1.77. The summed E-state index contributed by atoms with van der Waals surface area (Å²) in [6.07, 6.45) is -1.02. The molecule has 10 heteroatoms. The van der Waals surface area contributed by atoms with Crippen LogP contribution in [0.3, 0.4) is 0 Å². The van der Waals surface area contributed by atoms with Crippen molar-refractivity contribution in [1.82, 2.24) is 0 Å². The molecule has 6 rings (SSSR count). The van der Waals surface area contributed by atoms with Crippen LogP contribution in [0.5, 0.6) is 0 Å². The normalized spacial score (nSPS) is 52.4. The summed E-state index contributed by atoms with van der Waals surface area (Å²) in [6, 6.07) is 0. The number of carbonyl (C=O) groups excluding carboxylic acids is 4. The molecule has 3 saturated heterocycles. The highest BCUT2D eigenvalue weighted by atomic mass is 16.7. The zero-order valence-corrected chi connectivity index (χ0v) is 21.6. The fourth-order valence-electron chi connectivity index (χ4n) is 8.75. The van der Waals surface area contributed by atoms with Crippen molar-refractivity contribution in [2.24, 2.45) is 16.2 Å². The molecule has 4 aliphatic heterocycles. The molecule has 0 amide bonds. The van der Waals surface area contributed by atoms with Crippen LogP contribution in [-0.2, 0) is 42.9 Å². The molecule has 0 unspecified atom stereocenters. The monoisotopic (exact) mass is 514 g/mol. The third kappa shape index (κ3) is 1.94. The molecule has 10 nitrogen and oxygen atoms in total. The minimum Gasteiger partial charge on any atom is -0.458 e. The zero-order valence-electron chi connectivity index (χ0n) is 21.6. The van der Waals surface area contributed by atoms with Gasteiger partial charge in [-0.25, -0.2) is 9.59 Å². The molecule has 0 aromatic carbocycles. The van der Waals surface area contributed by atoms with Crippen molar-refractivity contribution in [3.05, 3.63) is 36.5 Å². The predicted molar refractivity (Wildman–Crippen MR) is 123 cm³/mol. The van der Waals surface area contributed by atoms with Gasteiger partial charge < -0.3 is 28.8 Å². The molecule has 4 heterocycles. The van der Waals surface area contributed by atoms with Crippen molar-refractivity contribution in [2.45, 2.75) is 88.7 Å². The Kier molecular flexibility index (Phi) is 4.07. The first-order chi connectivity index (χ1) is 17.0. The molecule has 9 atom stereocenters. The maximum Gasteiger partial charge on any atom is 0.345 e. The van der Waals surface area contributed by atoms with Gasteiger partial charge in [-0.3, -0.25) is 9.59 Å². The van der Waals surface area contributed by atoms with Crippen LogP contribution < -0.4 is 0 Å². The van der Waals surface area contributed by atoms with Gasteiger partial charge in [-0.15, -0.1) is 0 Å². The van der Waals surface area contributed by atoms with Gasteiger partial charge in [0.1, 0.15) is 22.7 Å². The number of hydrogen-bond acceptors (Lipinski definition) is 10. The van der Waals surface area contributed by atoms with E-state index in [1.165, 1.54) is 26.8 Å². The summed E-state index contributed by atoms with van der Waals surface area (Å²) in [4.78, 5) is 52.7. The van der Waals surface area contributed by atoms with Crippen molar-refractivity contribution in [3.63, 3.8) is 0 Å². The van der Waals surface area contributed by atoms with Crippen LogP contribution in [0.2, 0.25) is 0 Å². The molecule has 2 saturated carbocycles. The van der Waals surface area contributed by atoms with Crippen molar-refractivity contribution >= 4 is 23.9 Å². The molecule has 0 aromatic rings. The highest BCUT2D eigenvalue weighted by molar-refractivity contribution is 6.03. The minimum atomic E-state index is -2.03. The van der Waals surface area contributed by atoms with Crippen LogP contribution in [0.1, 0.15) is 48.0 Å². The number of fused-ring (bicyclic) bond motifs is 1. The Morgan fingerprint density at radius 1 is 1.05 bits per heavy atom. The van der Waals surface area contributed by atoms with Crippen LogP contribution in [-0.4, -0.2) is 69.7 Å². The van der Waals surface area contributed by atoms with Crippen LogP contribution in [0.25, 0.3) is 0 Å². The first-order valence-electron chi connectivity index (χ1n) is 12.3. The number of rotatable bonds is 1. The molecule has 0 aromatic heterocycles. The van der Waals surface area contributed by atoms with E-state index >= 15 is 0 Å². The lowest BCUT2D eigenvalue weighted by atomic mass is 9.35. The molecule has 5 fully saturated rings. The van der Waals surface area contributed by atoms with E-state index in [2.05, 4.69) is 13.2 Å². The molecular weight excluding hydrogens is 484 g/mol. The smallest absolute Gasteiger partial charge is 0.345 e. The second-order valence-corrected chi connectivity index (χ2v) is 12.0. The number of aliphatic hydroxyl groups excluding tert-OH is 1. The highest BCUT2D eigenvalue weighted by Gasteiger charge is 3.00. The number of esters is 4. The van der Waals surface area contributed by atoms with Gasteiger partial charge >= 0.3 is 23.9 Å². The van der Waals surface area contributed by atoms with Gasteiger partial charge in [-0.05, 0) is 45.3 Å². The Morgan fingerprint density at radius 3 is 2.30 bits per heavy atom. The quantitative estimate of drug-likeness (QED) is 0.311. The molecule has 198 valence electrons. The van der Waals surface area contributed by atoms with Crippen LogP contribution in [0, 0.1) is 16.2 Å². The number of carbonyl (C=O) groups is 4. The van der Waals surface area contributed by atoms with E-state index in [0.29, 0.717) is 0 Å². The molecule has 6 aliphatic rings. The summed E-state index contributed by atoms with van der Waals surface area (Å²) in [6.45, 7) is 17.9. The second-order valence-electron chi connectivity index (χ2n) is 12.0. The Morgan fingerprint density at radius 2 is 1.70 bits per heavy atom. The van der Waals surface area contributed by atoms with Gasteiger partial charge in [-0.1, -0.05) is 26.2 Å². The number of cyclic esters (lactones) is 2. The number of aliphatic hydroxyl groups is 1. The molecule has 37 heavy (non-hydrogen) atoms. The average molecular weight is 515 g/mol. The molecule has 3 bridgehead atoms. The van der Waals surface area contributed by atoms with E-state index in [9.17, 15) is 24.3 Å². The van der Waals surface area contributed by atoms with E-state index in [0.717, 1.165) is 0 Å². The Hall–Kier alpha value is -2.98. The van der Waals surface area contributed by atoms with Gasteiger partial charge in [0.2, 0.25) is 5.60 Å². The van der Waals surface area contributed by atoms with Crippen LogP contribution in [0.4, 0.5) is 0 Å². The third-order valence-electron chi connectivity index (χ3n) is 10.5. The van der Waals surface area contributed by atoms with Gasteiger partial charge in [0, 0.05) is 13.0 Å². The van der Waals surface area contributed by atoms with E-state index in [1.54, 1.807) is 26.8 Å². The van der Waals surface area contributed by atoms with Crippen molar-refractivity contribution in [2.75, 3.05) is 0 Å². The van der Waals surface area contributed by atoms with Crippen LogP contribution >= 0.6 is 0 Å². The largest absolute Gasteiger partial charge is 0.458 e. The first-order valence-corrected chi connectivity index (χ1v) is 12.3. The SMILES string of the molecule is C=C1[C@@]23C(=O)O[C@H](C)[C@]24O[C@]2(C(=C)[C@]5(C=CC(=O)OC5(C)C)C[C@H](O)[C@@]32C)[C@@H](OC(C)=O)[C@@]1(C)OC4=O. The number of ether oxygens (including phenoxy) is 5. The van der Waals surface area contributed by atoms with Gasteiger partial charge in [0.25, 0.3) is 0 Å². The molecular formula is C27H30O10. The summed E-state index contributed by atoms with van der Waals surface area (Å²) in [5.74, 6) is -2.92. The standard InChI is InChI=1S/C27H30O10/c1-12-22(7)18(34-15(4)28)26-13(2)24(10-9-17(30)35-21(24,5)6)11-16(29)23(26,8)25(12)19(31)33-14(3)27(25,37-26)20(32)36-22/h9-10,14,16,18,29H,1-2,11H2,3-8H3/t14-,16+,18+,22+,23+,24+,25+,26-,27-/m1/s1. The van der Waals surface area contributed by atoms with E-state index in [1.807, 2.05) is 0 Å². The lowest BCUT2D eigenvalue weighted by Crippen LogP contribution is -2.82. The lowest BCUT2D eigenvalue weighted by molar-refractivity contribution is -0.262. The zero-order chi connectivity index (χ0) is 27.4. The van der Waals surface area contributed by atoms with Crippen molar-refractivity contribution in [3.8, 4) is 0 Å². The Bertz CT molecular complexity index is 1300. The third-order valence-corrected chi connectivity index (χ3v) is 10.5. The minimum absolute atomic E-state index is 0.0322. The first kappa shape index (κ1) is 24.4. The average Bonchev–Trinajstić information content (AvgIpc) is 3.10. The summed E-state index contributed by atoms with van der Waals surface area (Å²) in [7, 11) is 0. The lowest BCUT2D eigenvalue weighted by Gasteiger charge is -2.69. The fourth-order valence-corrected chi connectivity index (χ4v) is 8.75. The topological polar surface area (TPSA) is 135 Å². The van der Waals surface area contributed by atoms with Gasteiger partial charge in [0.05, 0.1) is 16.9 Å². The summed E-state index contributed by atoms with van der Waals surface area (Å²) >= 11 is 0. The maximum atomic E-state index is 14.0. The molecule has 2 spiro atoms.